The summed E-state index contributed by atoms with van der Waals surface area (Å²) in [7, 11) is 3.63. The zero-order valence-electron chi connectivity index (χ0n) is 32.1. The van der Waals surface area contributed by atoms with E-state index in [4.69, 9.17) is 14.6 Å². The van der Waals surface area contributed by atoms with Gasteiger partial charge in [0.1, 0.15) is 28.6 Å². The number of imide groups is 1. The average Bonchev–Trinajstić information content (AvgIpc) is 3.63. The van der Waals surface area contributed by atoms with E-state index < -0.39 is 35.4 Å². The third-order valence-corrected chi connectivity index (χ3v) is 10.7. The monoisotopic (exact) mass is 796 g/mol. The average molecular weight is 797 g/mol. The second-order valence-electron chi connectivity index (χ2n) is 14.9. The second-order valence-corrected chi connectivity index (χ2v) is 14.9. The number of hydrogen-bond donors (Lipinski definition) is 2. The summed E-state index contributed by atoms with van der Waals surface area (Å²) in [5.74, 6) is -1.46. The molecule has 2 aromatic heterocycles. The molecule has 15 heteroatoms. The van der Waals surface area contributed by atoms with Crippen LogP contribution in [-0.4, -0.2) is 70.4 Å². The van der Waals surface area contributed by atoms with Crippen LogP contribution in [0.3, 0.4) is 0 Å². The van der Waals surface area contributed by atoms with Gasteiger partial charge in [0, 0.05) is 29.8 Å². The van der Waals surface area contributed by atoms with Gasteiger partial charge in [-0.25, -0.2) is 4.98 Å². The van der Waals surface area contributed by atoms with Gasteiger partial charge in [0.05, 0.1) is 29.9 Å². The Morgan fingerprint density at radius 3 is 2.43 bits per heavy atom. The van der Waals surface area contributed by atoms with E-state index in [0.29, 0.717) is 28.6 Å². The van der Waals surface area contributed by atoms with E-state index in [1.807, 2.05) is 35.1 Å². The van der Waals surface area contributed by atoms with Crippen LogP contribution in [0.5, 0.6) is 17.2 Å². The van der Waals surface area contributed by atoms with E-state index in [2.05, 4.69) is 27.6 Å². The molecule has 58 heavy (non-hydrogen) atoms. The second kappa shape index (κ2) is 17.2. The molecule has 3 aromatic carbocycles. The van der Waals surface area contributed by atoms with Crippen LogP contribution in [-0.2, 0) is 17.4 Å². The predicted octanol–water partition coefficient (Wildman–Crippen LogP) is 8.03. The molecule has 0 atom stereocenters. The van der Waals surface area contributed by atoms with E-state index >= 15 is 0 Å². The highest BCUT2D eigenvalue weighted by Gasteiger charge is 2.34. The molecule has 1 fully saturated rings. The molecule has 3 heterocycles. The first kappa shape index (κ1) is 40.1. The lowest BCUT2D eigenvalue weighted by atomic mass is 9.86. The van der Waals surface area contributed by atoms with Gasteiger partial charge in [-0.3, -0.25) is 29.2 Å². The van der Waals surface area contributed by atoms with Gasteiger partial charge in [0.15, 0.2) is 0 Å². The summed E-state index contributed by atoms with van der Waals surface area (Å²) in [5.41, 5.74) is 0.780. The van der Waals surface area contributed by atoms with Gasteiger partial charge >= 0.3 is 6.18 Å². The van der Waals surface area contributed by atoms with E-state index in [-0.39, 0.29) is 28.6 Å². The third-order valence-electron chi connectivity index (χ3n) is 10.7. The minimum absolute atomic E-state index is 0.0365. The van der Waals surface area contributed by atoms with Crippen LogP contribution in [0.15, 0.2) is 79.0 Å². The van der Waals surface area contributed by atoms with Crippen molar-refractivity contribution in [3.05, 3.63) is 107 Å². The first-order chi connectivity index (χ1) is 27.9. The van der Waals surface area contributed by atoms with Gasteiger partial charge < -0.3 is 19.7 Å². The van der Waals surface area contributed by atoms with Crippen LogP contribution in [0.4, 0.5) is 18.9 Å². The number of nitrogens with zero attached hydrogens (tertiary/aromatic N) is 4. The Bertz CT molecular complexity index is 2340. The van der Waals surface area contributed by atoms with Crippen molar-refractivity contribution in [1.82, 2.24) is 25.0 Å². The highest BCUT2D eigenvalue weighted by Crippen LogP contribution is 2.36. The Balaban J connectivity index is 0.833. The number of fused-ring (bicyclic) bond motifs is 2. The van der Waals surface area contributed by atoms with Crippen LogP contribution >= 0.6 is 0 Å². The van der Waals surface area contributed by atoms with Crippen LogP contribution in [0.2, 0.25) is 0 Å². The molecular formula is C43H43F3N6O6. The molecule has 5 aromatic rings. The van der Waals surface area contributed by atoms with E-state index in [0.717, 1.165) is 82.0 Å². The highest BCUT2D eigenvalue weighted by atomic mass is 19.4. The largest absolute Gasteiger partial charge is 0.494 e. The molecule has 1 aliphatic carbocycles. The van der Waals surface area contributed by atoms with Crippen molar-refractivity contribution in [3.8, 4) is 17.2 Å². The molecule has 7 rings (SSSR count). The van der Waals surface area contributed by atoms with Crippen LogP contribution in [0.25, 0.3) is 10.9 Å². The number of carbonyl (C=O) groups is 4. The number of ketones is 1. The first-order valence-corrected chi connectivity index (χ1v) is 19.3. The molecule has 0 unspecified atom stereocenters. The molecule has 3 amide bonds. The van der Waals surface area contributed by atoms with Gasteiger partial charge in [0.25, 0.3) is 23.5 Å². The number of alkyl halides is 3. The summed E-state index contributed by atoms with van der Waals surface area (Å²) < 4.78 is 52.8. The lowest BCUT2D eigenvalue weighted by Crippen LogP contribution is -2.42. The number of rotatable bonds is 14. The fourth-order valence-electron chi connectivity index (χ4n) is 7.68. The fraction of sp³-hybridized carbons (Fsp3) is 0.349. The molecule has 2 N–H and O–H groups in total. The molecule has 302 valence electrons. The van der Waals surface area contributed by atoms with Crippen LogP contribution < -0.4 is 20.1 Å². The van der Waals surface area contributed by atoms with E-state index in [1.54, 1.807) is 24.3 Å². The third kappa shape index (κ3) is 9.20. The Morgan fingerprint density at radius 1 is 0.931 bits per heavy atom. The number of unbranched alkanes of at least 4 members (excludes halogenated alkanes) is 2. The number of pyridine rings is 1. The Labute approximate surface area is 332 Å². The topological polar surface area (TPSA) is 145 Å². The van der Waals surface area contributed by atoms with Crippen LogP contribution in [0.1, 0.15) is 93.4 Å². The van der Waals surface area contributed by atoms with Crippen molar-refractivity contribution in [1.29, 1.82) is 0 Å². The number of aryl methyl sites for hydroxylation is 1. The highest BCUT2D eigenvalue weighted by molar-refractivity contribution is 6.49. The molecule has 2 aliphatic rings. The standard InChI is InChI=1S/C43H43F3N6O6/c1-51(21-5-3-4-8-26-15-19-30(20-16-26)58-35-11-6-9-31-38(35)41(55)49-42(56)39(31)53)24-27-13-17-29(18-14-27)52-25-28-22-34(36(57-2)23-33(28)50-52)48-40(54)32-10-7-12-37(47-32)43(44,45)46/h6-7,9-12,15-16,19-20,22-23,25,27,29H,3-5,8,13-14,17-18,21,24H2,1-2H3,(H,48,54)(H,49,55,56)/t27-,29-. The maximum atomic E-state index is 13.1. The molecular weight excluding hydrogens is 754 g/mol. The quantitative estimate of drug-likeness (QED) is 0.0648. The zero-order chi connectivity index (χ0) is 41.0. The molecule has 0 radical (unpaired) electrons. The molecule has 0 bridgehead atoms. The number of hydrogen-bond acceptors (Lipinski definition) is 9. The van der Waals surface area contributed by atoms with Crippen molar-refractivity contribution in [2.24, 2.45) is 5.92 Å². The minimum Gasteiger partial charge on any atom is -0.494 e. The number of methoxy groups -OCH3 is 1. The predicted molar refractivity (Wildman–Crippen MR) is 209 cm³/mol. The van der Waals surface area contributed by atoms with Crippen molar-refractivity contribution in [2.45, 2.75) is 63.6 Å². The number of nitrogens with one attached hydrogen (secondary N) is 2. The number of amides is 3. The maximum Gasteiger partial charge on any atom is 0.433 e. The zero-order valence-corrected chi connectivity index (χ0v) is 32.1. The number of benzene rings is 3. The number of anilines is 1. The number of carbonyl (C=O) groups excluding carboxylic acids is 4. The SMILES string of the molecule is COc1cc2nn([C@H]3CC[C@H](CN(C)CCCCCc4ccc(Oc5cccc6c5C(=O)NC(=O)C6=O)cc4)CC3)cc2cc1NC(=O)c1cccc(C(F)(F)F)n1. The van der Waals surface area contributed by atoms with Gasteiger partial charge in [-0.1, -0.05) is 30.7 Å². The number of halogens is 3. The summed E-state index contributed by atoms with van der Waals surface area (Å²) in [4.78, 5) is 55.1. The summed E-state index contributed by atoms with van der Waals surface area (Å²) in [6.45, 7) is 2.05. The van der Waals surface area contributed by atoms with Crippen LogP contribution in [0, 0.1) is 5.92 Å². The van der Waals surface area contributed by atoms with Crippen molar-refractivity contribution in [3.63, 3.8) is 0 Å². The van der Waals surface area contributed by atoms with Gasteiger partial charge in [-0.2, -0.15) is 18.3 Å². The Kier molecular flexibility index (Phi) is 11.9. The lowest BCUT2D eigenvalue weighted by molar-refractivity contribution is -0.141. The van der Waals surface area contributed by atoms with E-state index in [9.17, 15) is 32.3 Å². The maximum absolute atomic E-state index is 13.1. The minimum atomic E-state index is -4.67. The first-order valence-electron chi connectivity index (χ1n) is 19.3. The molecule has 12 nitrogen and oxygen atoms in total. The fourth-order valence-corrected chi connectivity index (χ4v) is 7.68. The number of aromatic nitrogens is 3. The lowest BCUT2D eigenvalue weighted by Gasteiger charge is -2.31. The summed E-state index contributed by atoms with van der Waals surface area (Å²) in [5, 5.41) is 10.3. The van der Waals surface area contributed by atoms with Crippen molar-refractivity contribution >= 4 is 40.1 Å². The van der Waals surface area contributed by atoms with Gasteiger partial charge in [0.2, 0.25) is 0 Å². The molecule has 1 aliphatic heterocycles. The smallest absolute Gasteiger partial charge is 0.433 e. The summed E-state index contributed by atoms with van der Waals surface area (Å²) in [6.07, 6.45) is 5.58. The van der Waals surface area contributed by atoms with Gasteiger partial charge in [-0.05, 0) is 112 Å². The normalized spacial score (nSPS) is 17.0. The number of Topliss-reactive ketones (excluding diaryl/α,β-unsaturated/α-hetero) is 1. The van der Waals surface area contributed by atoms with Crippen molar-refractivity contribution < 1.29 is 41.8 Å². The molecule has 0 spiro atoms. The Hall–Kier alpha value is -6.09. The summed E-state index contributed by atoms with van der Waals surface area (Å²) in [6, 6.07) is 19.1. The van der Waals surface area contributed by atoms with Gasteiger partial charge in [-0.15, -0.1) is 0 Å². The molecule has 0 saturated heterocycles. The Morgan fingerprint density at radius 2 is 1.69 bits per heavy atom. The molecule has 1 saturated carbocycles. The van der Waals surface area contributed by atoms with E-state index in [1.165, 1.54) is 24.8 Å². The number of ether oxygens (including phenoxy) is 2. The van der Waals surface area contributed by atoms with Crippen molar-refractivity contribution in [2.75, 3.05) is 32.6 Å². The summed E-state index contributed by atoms with van der Waals surface area (Å²) >= 11 is 0.